The molecule has 0 amide bonds. The quantitative estimate of drug-likeness (QED) is 0.723. The molecule has 0 spiro atoms. The molecule has 0 aliphatic rings. The molecule has 1 atom stereocenters. The molecule has 0 aliphatic carbocycles. The molecule has 5 heteroatoms. The first-order valence-corrected chi connectivity index (χ1v) is 4.29. The van der Waals surface area contributed by atoms with E-state index >= 15 is 0 Å². The number of aromatic nitrogens is 2. The Hall–Kier alpha value is -1.20. The molecule has 1 rings (SSSR count). The minimum Gasteiger partial charge on any atom is -0.481 e. The van der Waals surface area contributed by atoms with Crippen molar-refractivity contribution in [3.8, 4) is 5.88 Å². The first kappa shape index (κ1) is 10.9. The Morgan fingerprint density at radius 3 is 2.93 bits per heavy atom. The standard InChI is InChI=1S/C9H14N2O3/c1-13-6-7(12)5-8-10-4-3-9(11-8)14-2/h3-4,7,12H,5-6H2,1-2H3. The topological polar surface area (TPSA) is 64.5 Å². The summed E-state index contributed by atoms with van der Waals surface area (Å²) in [6, 6.07) is 1.66. The van der Waals surface area contributed by atoms with E-state index in [4.69, 9.17) is 9.47 Å². The highest BCUT2D eigenvalue weighted by Gasteiger charge is 2.07. The number of ether oxygens (including phenoxy) is 2. The third-order valence-corrected chi connectivity index (χ3v) is 1.67. The van der Waals surface area contributed by atoms with Gasteiger partial charge >= 0.3 is 0 Å². The number of rotatable bonds is 5. The molecular weight excluding hydrogens is 184 g/mol. The fourth-order valence-corrected chi connectivity index (χ4v) is 1.05. The molecule has 1 N–H and O–H groups in total. The number of nitrogens with zero attached hydrogens (tertiary/aromatic N) is 2. The van der Waals surface area contributed by atoms with Gasteiger partial charge in [0, 0.05) is 25.8 Å². The van der Waals surface area contributed by atoms with E-state index < -0.39 is 6.10 Å². The highest BCUT2D eigenvalue weighted by atomic mass is 16.5. The van der Waals surface area contributed by atoms with Gasteiger partial charge in [-0.1, -0.05) is 0 Å². The third-order valence-electron chi connectivity index (χ3n) is 1.67. The van der Waals surface area contributed by atoms with Crippen LogP contribution in [0.4, 0.5) is 0 Å². The van der Waals surface area contributed by atoms with Crippen LogP contribution in [-0.2, 0) is 11.2 Å². The van der Waals surface area contributed by atoms with Crippen LogP contribution in [0, 0.1) is 0 Å². The van der Waals surface area contributed by atoms with Crippen LogP contribution in [0.5, 0.6) is 5.88 Å². The molecule has 0 aliphatic heterocycles. The maximum absolute atomic E-state index is 9.42. The van der Waals surface area contributed by atoms with Crippen LogP contribution in [0.3, 0.4) is 0 Å². The molecule has 1 heterocycles. The predicted octanol–water partition coefficient (Wildman–Crippen LogP) is 0.0350. The van der Waals surface area contributed by atoms with Crippen LogP contribution in [-0.4, -0.2) is 42.0 Å². The van der Waals surface area contributed by atoms with Gasteiger partial charge in [-0.05, 0) is 0 Å². The second-order valence-corrected chi connectivity index (χ2v) is 2.83. The van der Waals surface area contributed by atoms with E-state index in [-0.39, 0.29) is 6.61 Å². The summed E-state index contributed by atoms with van der Waals surface area (Å²) in [7, 11) is 3.08. The van der Waals surface area contributed by atoms with E-state index in [9.17, 15) is 5.11 Å². The molecule has 0 fully saturated rings. The van der Waals surface area contributed by atoms with Crippen LogP contribution in [0.25, 0.3) is 0 Å². The Bertz CT molecular complexity index is 281. The number of methoxy groups -OCH3 is 2. The van der Waals surface area contributed by atoms with Crippen molar-refractivity contribution in [1.29, 1.82) is 0 Å². The van der Waals surface area contributed by atoms with Gasteiger partial charge in [-0.3, -0.25) is 0 Å². The summed E-state index contributed by atoms with van der Waals surface area (Å²) in [5.41, 5.74) is 0. The summed E-state index contributed by atoms with van der Waals surface area (Å²) in [6.45, 7) is 0.278. The molecule has 5 nitrogen and oxygen atoms in total. The van der Waals surface area contributed by atoms with E-state index in [1.165, 1.54) is 14.2 Å². The fourth-order valence-electron chi connectivity index (χ4n) is 1.05. The van der Waals surface area contributed by atoms with Crippen LogP contribution in [0.2, 0.25) is 0 Å². The van der Waals surface area contributed by atoms with Gasteiger partial charge in [-0.2, -0.15) is 4.98 Å². The Labute approximate surface area is 82.7 Å². The Morgan fingerprint density at radius 1 is 1.50 bits per heavy atom. The van der Waals surface area contributed by atoms with Gasteiger partial charge in [-0.25, -0.2) is 4.98 Å². The van der Waals surface area contributed by atoms with Crippen LogP contribution in [0.1, 0.15) is 5.82 Å². The largest absolute Gasteiger partial charge is 0.481 e. The van der Waals surface area contributed by atoms with Crippen molar-refractivity contribution in [2.45, 2.75) is 12.5 Å². The molecule has 1 aromatic rings. The highest BCUT2D eigenvalue weighted by Crippen LogP contribution is 2.05. The second kappa shape index (κ2) is 5.51. The van der Waals surface area contributed by atoms with E-state index in [1.807, 2.05) is 0 Å². The minimum atomic E-state index is -0.577. The molecule has 1 aromatic heterocycles. The summed E-state index contributed by atoms with van der Waals surface area (Å²) >= 11 is 0. The van der Waals surface area contributed by atoms with Crippen molar-refractivity contribution < 1.29 is 14.6 Å². The van der Waals surface area contributed by atoms with Gasteiger partial charge < -0.3 is 14.6 Å². The Morgan fingerprint density at radius 2 is 2.29 bits per heavy atom. The lowest BCUT2D eigenvalue weighted by Crippen LogP contribution is -2.18. The molecule has 78 valence electrons. The lowest BCUT2D eigenvalue weighted by atomic mass is 10.2. The normalized spacial score (nSPS) is 12.5. The second-order valence-electron chi connectivity index (χ2n) is 2.83. The summed E-state index contributed by atoms with van der Waals surface area (Å²) in [5.74, 6) is 1.05. The zero-order chi connectivity index (χ0) is 10.4. The first-order chi connectivity index (χ1) is 6.76. The zero-order valence-corrected chi connectivity index (χ0v) is 8.30. The van der Waals surface area contributed by atoms with Crippen molar-refractivity contribution in [2.24, 2.45) is 0 Å². The molecule has 0 aromatic carbocycles. The molecule has 0 bridgehead atoms. The Kier molecular flexibility index (Phi) is 4.28. The minimum absolute atomic E-state index is 0.278. The van der Waals surface area contributed by atoms with Crippen molar-refractivity contribution in [3.63, 3.8) is 0 Å². The van der Waals surface area contributed by atoms with E-state index in [1.54, 1.807) is 12.3 Å². The molecule has 0 saturated heterocycles. The molecular formula is C9H14N2O3. The molecule has 14 heavy (non-hydrogen) atoms. The summed E-state index contributed by atoms with van der Waals surface area (Å²) < 4.78 is 9.73. The monoisotopic (exact) mass is 198 g/mol. The van der Waals surface area contributed by atoms with E-state index in [2.05, 4.69) is 9.97 Å². The SMILES string of the molecule is COCC(O)Cc1nccc(OC)n1. The third kappa shape index (κ3) is 3.27. The lowest BCUT2D eigenvalue weighted by Gasteiger charge is -2.08. The van der Waals surface area contributed by atoms with Crippen LogP contribution < -0.4 is 4.74 Å². The predicted molar refractivity (Wildman–Crippen MR) is 50.2 cm³/mol. The average Bonchev–Trinajstić information content (AvgIpc) is 2.18. The van der Waals surface area contributed by atoms with Gasteiger partial charge in [-0.15, -0.1) is 0 Å². The number of hydrogen-bond donors (Lipinski definition) is 1. The molecule has 0 saturated carbocycles. The van der Waals surface area contributed by atoms with Gasteiger partial charge in [0.25, 0.3) is 0 Å². The van der Waals surface area contributed by atoms with Gasteiger partial charge in [0.2, 0.25) is 5.88 Å². The Balaban J connectivity index is 2.57. The van der Waals surface area contributed by atoms with Crippen molar-refractivity contribution in [3.05, 3.63) is 18.1 Å². The van der Waals surface area contributed by atoms with Gasteiger partial charge in [0.15, 0.2) is 0 Å². The first-order valence-electron chi connectivity index (χ1n) is 4.29. The van der Waals surface area contributed by atoms with Gasteiger partial charge in [0.05, 0.1) is 19.8 Å². The van der Waals surface area contributed by atoms with Crippen LogP contribution in [0.15, 0.2) is 12.3 Å². The lowest BCUT2D eigenvalue weighted by molar-refractivity contribution is 0.0637. The zero-order valence-electron chi connectivity index (χ0n) is 8.30. The summed E-state index contributed by atoms with van der Waals surface area (Å²) in [6.07, 6.45) is 1.39. The van der Waals surface area contributed by atoms with E-state index in [0.717, 1.165) is 0 Å². The smallest absolute Gasteiger partial charge is 0.216 e. The van der Waals surface area contributed by atoms with Crippen molar-refractivity contribution in [1.82, 2.24) is 9.97 Å². The number of aliphatic hydroxyl groups excluding tert-OH is 1. The maximum atomic E-state index is 9.42. The van der Waals surface area contributed by atoms with Crippen molar-refractivity contribution >= 4 is 0 Å². The average molecular weight is 198 g/mol. The van der Waals surface area contributed by atoms with E-state index in [0.29, 0.717) is 18.1 Å². The molecule has 0 radical (unpaired) electrons. The molecule has 1 unspecified atom stereocenters. The maximum Gasteiger partial charge on any atom is 0.216 e. The fraction of sp³-hybridized carbons (Fsp3) is 0.556. The van der Waals surface area contributed by atoms with Crippen molar-refractivity contribution in [2.75, 3.05) is 20.8 Å². The number of hydrogen-bond acceptors (Lipinski definition) is 5. The summed E-state index contributed by atoms with van der Waals surface area (Å²) in [4.78, 5) is 8.07. The highest BCUT2D eigenvalue weighted by molar-refractivity contribution is 5.08. The van der Waals surface area contributed by atoms with Crippen LogP contribution >= 0.6 is 0 Å². The number of aliphatic hydroxyl groups is 1. The van der Waals surface area contributed by atoms with Gasteiger partial charge in [0.1, 0.15) is 5.82 Å². The summed E-state index contributed by atoms with van der Waals surface area (Å²) in [5, 5.41) is 9.42.